The summed E-state index contributed by atoms with van der Waals surface area (Å²) in [7, 11) is 0. The quantitative estimate of drug-likeness (QED) is 0.615. The first-order valence-corrected chi connectivity index (χ1v) is 9.79. The van der Waals surface area contributed by atoms with E-state index in [1.54, 1.807) is 24.4 Å². The molecular weight excluding hydrogens is 454 g/mol. The fourth-order valence-electron chi connectivity index (χ4n) is 3.40. The summed E-state index contributed by atoms with van der Waals surface area (Å²) in [4.78, 5) is 31.4. The highest BCUT2D eigenvalue weighted by atomic mass is 79.9. The lowest BCUT2D eigenvalue weighted by molar-refractivity contribution is 0.174. The minimum Gasteiger partial charge on any atom is -0.494 e. The Bertz CT molecular complexity index is 1370. The van der Waals surface area contributed by atoms with Gasteiger partial charge in [0.05, 0.1) is 12.2 Å². The fraction of sp³-hybridized carbons (Fsp3) is 0.0952. The predicted octanol–water partition coefficient (Wildman–Crippen LogP) is 3.04. The van der Waals surface area contributed by atoms with Crippen molar-refractivity contribution in [3.8, 4) is 17.4 Å². The van der Waals surface area contributed by atoms with E-state index in [-0.39, 0.29) is 18.9 Å². The molecule has 9 heteroatoms. The van der Waals surface area contributed by atoms with Gasteiger partial charge in [-0.05, 0) is 42.0 Å². The van der Waals surface area contributed by atoms with Gasteiger partial charge in [0.25, 0.3) is 5.56 Å². The molecule has 2 aromatic carbocycles. The van der Waals surface area contributed by atoms with Crippen LogP contribution in [0.4, 0.5) is 5.69 Å². The molecule has 0 fully saturated rings. The van der Waals surface area contributed by atoms with Crippen molar-refractivity contribution in [2.75, 3.05) is 6.79 Å². The summed E-state index contributed by atoms with van der Waals surface area (Å²) in [6.07, 6.45) is 3.13. The second kappa shape index (κ2) is 7.03. The second-order valence-electron chi connectivity index (χ2n) is 6.79. The molecule has 0 atom stereocenters. The number of allylic oxidation sites excluding steroid dienone is 1. The maximum Gasteiger partial charge on any atom is 0.331 e. The van der Waals surface area contributed by atoms with Gasteiger partial charge in [0.15, 0.2) is 11.5 Å². The van der Waals surface area contributed by atoms with E-state index in [9.17, 15) is 14.7 Å². The third kappa shape index (κ3) is 3.13. The number of halogens is 1. The summed E-state index contributed by atoms with van der Waals surface area (Å²) in [5.74, 6) is 0.759. The molecule has 150 valence electrons. The Morgan fingerprint density at radius 3 is 2.87 bits per heavy atom. The van der Waals surface area contributed by atoms with Crippen molar-refractivity contribution in [3.63, 3.8) is 0 Å². The number of benzene rings is 2. The Hall–Kier alpha value is -3.59. The zero-order chi connectivity index (χ0) is 20.8. The Labute approximate surface area is 177 Å². The molecule has 0 saturated carbocycles. The van der Waals surface area contributed by atoms with Crippen molar-refractivity contribution in [2.24, 2.45) is 4.99 Å². The number of hydrogen-bond donors (Lipinski definition) is 2. The van der Waals surface area contributed by atoms with Crippen LogP contribution in [0.5, 0.6) is 17.4 Å². The summed E-state index contributed by atoms with van der Waals surface area (Å²) in [6.45, 7) is 0.185. The normalized spacial score (nSPS) is 15.0. The number of aromatic amines is 1. The molecule has 0 amide bonds. The number of H-pyrrole nitrogens is 1. The molecule has 30 heavy (non-hydrogen) atoms. The zero-order valence-electron chi connectivity index (χ0n) is 15.4. The fourth-order valence-corrected chi connectivity index (χ4v) is 3.77. The third-order valence-electron chi connectivity index (χ3n) is 4.90. The standard InChI is InChI=1S/C21H14BrN3O5/c22-13-2-3-16-14(7-13)12(8-23-16)6-15-19(26)24-21(28)25(20(15)27)9-11-1-4-17-18(5-11)30-10-29-17/h1-8,27H,9-10H2,(H,24,26,28)/b12-6+. The van der Waals surface area contributed by atoms with Crippen molar-refractivity contribution < 1.29 is 14.6 Å². The van der Waals surface area contributed by atoms with E-state index in [4.69, 9.17) is 9.47 Å². The van der Waals surface area contributed by atoms with Gasteiger partial charge in [-0.25, -0.2) is 4.79 Å². The molecule has 0 radical (unpaired) electrons. The van der Waals surface area contributed by atoms with Gasteiger partial charge < -0.3 is 14.6 Å². The molecule has 2 N–H and O–H groups in total. The molecule has 0 saturated heterocycles. The van der Waals surface area contributed by atoms with Crippen LogP contribution in [0.15, 0.2) is 55.5 Å². The van der Waals surface area contributed by atoms with Crippen LogP contribution in [0.3, 0.4) is 0 Å². The second-order valence-corrected chi connectivity index (χ2v) is 7.71. The Morgan fingerprint density at radius 1 is 1.17 bits per heavy atom. The van der Waals surface area contributed by atoms with E-state index in [1.807, 2.05) is 18.2 Å². The van der Waals surface area contributed by atoms with Gasteiger partial charge in [0.1, 0.15) is 5.56 Å². The molecule has 0 aliphatic carbocycles. The summed E-state index contributed by atoms with van der Waals surface area (Å²) in [6, 6.07) is 10.8. The summed E-state index contributed by atoms with van der Waals surface area (Å²) < 4.78 is 12.6. The van der Waals surface area contributed by atoms with E-state index in [2.05, 4.69) is 25.9 Å². The monoisotopic (exact) mass is 467 g/mol. The van der Waals surface area contributed by atoms with Gasteiger partial charge >= 0.3 is 5.69 Å². The molecule has 8 nitrogen and oxygen atoms in total. The van der Waals surface area contributed by atoms with Crippen molar-refractivity contribution in [2.45, 2.75) is 6.54 Å². The Kier molecular flexibility index (Phi) is 4.32. The molecule has 0 bridgehead atoms. The van der Waals surface area contributed by atoms with Gasteiger partial charge in [-0.3, -0.25) is 19.3 Å². The Morgan fingerprint density at radius 2 is 2.00 bits per heavy atom. The molecule has 0 spiro atoms. The van der Waals surface area contributed by atoms with Crippen LogP contribution in [0.2, 0.25) is 0 Å². The van der Waals surface area contributed by atoms with Crippen LogP contribution in [0, 0.1) is 0 Å². The summed E-state index contributed by atoms with van der Waals surface area (Å²) in [5.41, 5.74) is 1.53. The first-order chi connectivity index (χ1) is 14.5. The van der Waals surface area contributed by atoms with E-state index < -0.39 is 17.1 Å². The van der Waals surface area contributed by atoms with Gasteiger partial charge in [-0.1, -0.05) is 22.0 Å². The van der Waals surface area contributed by atoms with Gasteiger partial charge in [0.2, 0.25) is 12.7 Å². The van der Waals surface area contributed by atoms with Crippen molar-refractivity contribution in [1.29, 1.82) is 0 Å². The van der Waals surface area contributed by atoms with Crippen LogP contribution in [0.1, 0.15) is 16.7 Å². The zero-order valence-corrected chi connectivity index (χ0v) is 17.0. The van der Waals surface area contributed by atoms with Crippen molar-refractivity contribution in [3.05, 3.63) is 78.4 Å². The van der Waals surface area contributed by atoms with E-state index in [0.717, 1.165) is 20.3 Å². The lowest BCUT2D eigenvalue weighted by Crippen LogP contribution is -2.31. The number of rotatable bonds is 3. The molecule has 1 aromatic heterocycles. The average Bonchev–Trinajstić information content (AvgIpc) is 3.34. The number of aromatic hydroxyl groups is 1. The van der Waals surface area contributed by atoms with Crippen molar-refractivity contribution >= 4 is 39.5 Å². The lowest BCUT2D eigenvalue weighted by Gasteiger charge is -2.11. The minimum absolute atomic E-state index is 0.0235. The number of ether oxygens (including phenoxy) is 2. The number of aliphatic imine (C=N–C) groups is 1. The first-order valence-electron chi connectivity index (χ1n) is 9.00. The maximum absolute atomic E-state index is 12.4. The summed E-state index contributed by atoms with van der Waals surface area (Å²) in [5, 5.41) is 10.8. The lowest BCUT2D eigenvalue weighted by atomic mass is 10.1. The number of aromatic nitrogens is 2. The highest BCUT2D eigenvalue weighted by Crippen LogP contribution is 2.35. The topological polar surface area (TPSA) is 106 Å². The molecule has 3 heterocycles. The van der Waals surface area contributed by atoms with Crippen LogP contribution < -0.4 is 20.7 Å². The van der Waals surface area contributed by atoms with E-state index >= 15 is 0 Å². The number of nitrogens with zero attached hydrogens (tertiary/aromatic N) is 2. The van der Waals surface area contributed by atoms with Gasteiger partial charge in [-0.15, -0.1) is 0 Å². The third-order valence-corrected chi connectivity index (χ3v) is 5.39. The Balaban J connectivity index is 1.57. The first kappa shape index (κ1) is 18.4. The maximum atomic E-state index is 12.4. The molecule has 0 unspecified atom stereocenters. The van der Waals surface area contributed by atoms with Gasteiger partial charge in [-0.2, -0.15) is 0 Å². The number of hydrogen-bond acceptors (Lipinski definition) is 6. The molecule has 3 aromatic rings. The molecule has 2 aliphatic heterocycles. The predicted molar refractivity (Wildman–Crippen MR) is 115 cm³/mol. The average molecular weight is 468 g/mol. The number of fused-ring (bicyclic) bond motifs is 2. The largest absolute Gasteiger partial charge is 0.494 e. The van der Waals surface area contributed by atoms with E-state index in [1.165, 1.54) is 6.08 Å². The van der Waals surface area contributed by atoms with Gasteiger partial charge in [0, 0.05) is 21.8 Å². The van der Waals surface area contributed by atoms with Crippen LogP contribution in [-0.4, -0.2) is 27.7 Å². The molecular formula is C21H14BrN3O5. The molecule has 5 rings (SSSR count). The molecule has 2 aliphatic rings. The van der Waals surface area contributed by atoms with Crippen LogP contribution >= 0.6 is 15.9 Å². The highest BCUT2D eigenvalue weighted by molar-refractivity contribution is 9.10. The minimum atomic E-state index is -0.708. The highest BCUT2D eigenvalue weighted by Gasteiger charge is 2.19. The summed E-state index contributed by atoms with van der Waals surface area (Å²) >= 11 is 3.42. The van der Waals surface area contributed by atoms with E-state index in [0.29, 0.717) is 22.6 Å². The van der Waals surface area contributed by atoms with Crippen LogP contribution in [0.25, 0.3) is 11.6 Å². The van der Waals surface area contributed by atoms with Crippen LogP contribution in [-0.2, 0) is 6.54 Å². The smallest absolute Gasteiger partial charge is 0.331 e. The SMILES string of the molecule is O=c1[nH]c(=O)n(Cc2ccc3c(c2)OCO3)c(O)c1/C=C1\C=Nc2ccc(Br)cc21. The van der Waals surface area contributed by atoms with Crippen molar-refractivity contribution in [1.82, 2.24) is 9.55 Å². The number of nitrogens with one attached hydrogen (secondary N) is 1.